The molecule has 9 heteroatoms. The first-order valence-electron chi connectivity index (χ1n) is 12.8. The second-order valence-electron chi connectivity index (χ2n) is 9.94. The Hall–Kier alpha value is -2.68. The number of carboxylic acids is 1. The molecule has 0 spiro atoms. The Bertz CT molecular complexity index is 1250. The summed E-state index contributed by atoms with van der Waals surface area (Å²) >= 11 is 6.34. The summed E-state index contributed by atoms with van der Waals surface area (Å²) in [6.07, 6.45) is 6.50. The molecular weight excluding hydrogens is 478 g/mol. The number of carbonyl (C=O) groups is 1. The third kappa shape index (κ3) is 5.21. The molecule has 2 aromatic heterocycles. The minimum atomic E-state index is -0.883. The van der Waals surface area contributed by atoms with Gasteiger partial charge in [0, 0.05) is 49.4 Å². The number of benzene rings is 1. The number of likely N-dealkylation sites (tertiary alicyclic amines) is 1. The molecule has 1 atom stereocenters. The third-order valence-electron chi connectivity index (χ3n) is 7.28. The van der Waals surface area contributed by atoms with Gasteiger partial charge in [0.2, 0.25) is 0 Å². The third-order valence-corrected chi connectivity index (χ3v) is 7.49. The fourth-order valence-electron chi connectivity index (χ4n) is 5.42. The Kier molecular flexibility index (Phi) is 7.46. The van der Waals surface area contributed by atoms with E-state index in [1.807, 2.05) is 24.9 Å². The smallest absolute Gasteiger partial charge is 0.325 e. The fourth-order valence-corrected chi connectivity index (χ4v) is 5.64. The lowest BCUT2D eigenvalue weighted by molar-refractivity contribution is -0.150. The van der Waals surface area contributed by atoms with Crippen molar-refractivity contribution in [3.8, 4) is 0 Å². The Morgan fingerprint density at radius 3 is 2.92 bits per heavy atom. The number of fused-ring (bicyclic) bond motifs is 2. The highest BCUT2D eigenvalue weighted by Crippen LogP contribution is 2.36. The number of nitrogens with one attached hydrogen (secondary N) is 1. The van der Waals surface area contributed by atoms with E-state index in [9.17, 15) is 9.90 Å². The highest BCUT2D eigenvalue weighted by molar-refractivity contribution is 6.31. The van der Waals surface area contributed by atoms with Crippen molar-refractivity contribution in [2.75, 3.05) is 31.6 Å². The van der Waals surface area contributed by atoms with Crippen LogP contribution in [0.25, 0.3) is 10.9 Å². The lowest BCUT2D eigenvalue weighted by Crippen LogP contribution is -2.55. The molecule has 0 aliphatic carbocycles. The molecule has 8 nitrogen and oxygen atoms in total. The van der Waals surface area contributed by atoms with E-state index in [1.165, 1.54) is 12.0 Å². The average Bonchev–Trinajstić information content (AvgIpc) is 3.11. The monoisotopic (exact) mass is 511 g/mol. The van der Waals surface area contributed by atoms with Crippen molar-refractivity contribution in [3.63, 3.8) is 0 Å². The van der Waals surface area contributed by atoms with Gasteiger partial charge in [0.1, 0.15) is 11.9 Å². The van der Waals surface area contributed by atoms with E-state index in [1.54, 1.807) is 10.7 Å². The quantitative estimate of drug-likeness (QED) is 0.386. The second kappa shape index (κ2) is 10.7. The van der Waals surface area contributed by atoms with E-state index in [-0.39, 0.29) is 6.10 Å². The summed E-state index contributed by atoms with van der Waals surface area (Å²) in [4.78, 5) is 19.0. The molecule has 192 valence electrons. The lowest BCUT2D eigenvalue weighted by atomic mass is 9.96. The van der Waals surface area contributed by atoms with Crippen LogP contribution in [0.1, 0.15) is 54.2 Å². The maximum atomic E-state index is 12.3. The number of aryl methyl sites for hydroxylation is 4. The summed E-state index contributed by atoms with van der Waals surface area (Å²) in [6, 6.07) is 7.19. The Morgan fingerprint density at radius 2 is 2.11 bits per heavy atom. The van der Waals surface area contributed by atoms with Crippen molar-refractivity contribution in [1.29, 1.82) is 0 Å². The van der Waals surface area contributed by atoms with Gasteiger partial charge in [-0.2, -0.15) is 5.10 Å². The number of ether oxygens (including phenoxy) is 1. The van der Waals surface area contributed by atoms with Gasteiger partial charge in [0.25, 0.3) is 0 Å². The van der Waals surface area contributed by atoms with Crippen LogP contribution in [0.4, 0.5) is 5.82 Å². The van der Waals surface area contributed by atoms with E-state index in [0.29, 0.717) is 30.3 Å². The van der Waals surface area contributed by atoms with Crippen LogP contribution < -0.4 is 5.32 Å². The second-order valence-corrected chi connectivity index (χ2v) is 10.4. The van der Waals surface area contributed by atoms with Crippen molar-refractivity contribution in [2.24, 2.45) is 7.05 Å². The molecule has 1 saturated heterocycles. The van der Waals surface area contributed by atoms with Crippen molar-refractivity contribution >= 4 is 34.3 Å². The van der Waals surface area contributed by atoms with E-state index in [2.05, 4.69) is 22.5 Å². The van der Waals surface area contributed by atoms with Crippen molar-refractivity contribution in [1.82, 2.24) is 19.7 Å². The first-order valence-corrected chi connectivity index (χ1v) is 13.2. The van der Waals surface area contributed by atoms with Gasteiger partial charge in [-0.25, -0.2) is 4.98 Å². The molecule has 1 aromatic carbocycles. The van der Waals surface area contributed by atoms with Crippen molar-refractivity contribution in [3.05, 3.63) is 51.8 Å². The van der Waals surface area contributed by atoms with Gasteiger partial charge in [-0.1, -0.05) is 24.1 Å². The molecule has 0 saturated carbocycles. The number of pyridine rings is 1. The minimum Gasteiger partial charge on any atom is -0.480 e. The van der Waals surface area contributed by atoms with Gasteiger partial charge in [0.15, 0.2) is 0 Å². The molecule has 2 aliphatic heterocycles. The zero-order chi connectivity index (χ0) is 25.2. The summed E-state index contributed by atoms with van der Waals surface area (Å²) in [5.74, 6) is 0.180. The summed E-state index contributed by atoms with van der Waals surface area (Å²) in [5, 5.41) is 19.3. The van der Waals surface area contributed by atoms with Crippen molar-refractivity contribution in [2.45, 2.75) is 57.6 Å². The van der Waals surface area contributed by atoms with Crippen molar-refractivity contribution < 1.29 is 14.6 Å². The molecule has 3 aromatic rings. The highest BCUT2D eigenvalue weighted by atomic mass is 35.5. The summed E-state index contributed by atoms with van der Waals surface area (Å²) < 4.78 is 7.79. The Morgan fingerprint density at radius 1 is 1.28 bits per heavy atom. The molecule has 36 heavy (non-hydrogen) atoms. The van der Waals surface area contributed by atoms with Crippen LogP contribution in [0, 0.1) is 6.92 Å². The molecule has 0 amide bonds. The molecule has 1 unspecified atom stereocenters. The SMILES string of the molecule is Cc1nn(C)c2cc(Cl)cc(C(C(=O)O)N3CC(OCCCCCc4ccc5c(n4)NCCC5)C3)c12. The van der Waals surface area contributed by atoms with Crippen LogP contribution >= 0.6 is 11.6 Å². The zero-order valence-corrected chi connectivity index (χ0v) is 21.7. The predicted molar refractivity (Wildman–Crippen MR) is 141 cm³/mol. The maximum Gasteiger partial charge on any atom is 0.325 e. The van der Waals surface area contributed by atoms with E-state index >= 15 is 0 Å². The molecule has 2 N–H and O–H groups in total. The number of rotatable bonds is 10. The molecule has 5 rings (SSSR count). The molecule has 4 heterocycles. The van der Waals surface area contributed by atoms with E-state index in [4.69, 9.17) is 21.3 Å². The number of nitrogens with zero attached hydrogens (tertiary/aromatic N) is 4. The largest absolute Gasteiger partial charge is 0.480 e. The first-order chi connectivity index (χ1) is 17.4. The summed E-state index contributed by atoms with van der Waals surface area (Å²) in [6.45, 7) is 4.80. The summed E-state index contributed by atoms with van der Waals surface area (Å²) in [5.41, 5.74) is 4.82. The number of unbranched alkanes of at least 4 members (excludes halogenated alkanes) is 2. The molecule has 0 radical (unpaired) electrons. The predicted octanol–water partition coefficient (Wildman–Crippen LogP) is 4.53. The number of aromatic nitrogens is 3. The first kappa shape index (κ1) is 25.0. The van der Waals surface area contributed by atoms with Gasteiger partial charge in [-0.3, -0.25) is 14.4 Å². The maximum absolute atomic E-state index is 12.3. The van der Waals surface area contributed by atoms with E-state index in [0.717, 1.165) is 66.8 Å². The Balaban J connectivity index is 1.08. The van der Waals surface area contributed by atoms with Gasteiger partial charge >= 0.3 is 5.97 Å². The standard InChI is InChI=1S/C27H34ClN5O3/c1-17-24-22(13-19(28)14-23(24)32(2)31-17)25(27(34)35)33-15-21(16-33)36-12-5-3-4-8-20-10-9-18-7-6-11-29-26(18)30-20/h9-10,13-14,21,25H,3-8,11-12,15-16H2,1-2H3,(H,29,30)(H,34,35). The average molecular weight is 512 g/mol. The van der Waals surface area contributed by atoms with Gasteiger partial charge in [-0.05, 0) is 68.4 Å². The number of aliphatic carboxylic acids is 1. The summed E-state index contributed by atoms with van der Waals surface area (Å²) in [7, 11) is 1.85. The van der Waals surface area contributed by atoms with E-state index < -0.39 is 12.0 Å². The van der Waals surface area contributed by atoms with Gasteiger partial charge in [-0.15, -0.1) is 0 Å². The van der Waals surface area contributed by atoms with Crippen LogP contribution in [-0.2, 0) is 29.4 Å². The Labute approximate surface area is 216 Å². The van der Waals surface area contributed by atoms with Crippen LogP contribution in [0.2, 0.25) is 5.02 Å². The normalized spacial score (nSPS) is 17.0. The molecule has 0 bridgehead atoms. The number of carboxylic acid groups (broad SMARTS) is 1. The number of hydrogen-bond donors (Lipinski definition) is 2. The lowest BCUT2D eigenvalue weighted by Gasteiger charge is -2.42. The zero-order valence-electron chi connectivity index (χ0n) is 21.0. The van der Waals surface area contributed by atoms with Gasteiger partial charge < -0.3 is 15.2 Å². The topological polar surface area (TPSA) is 92.5 Å². The van der Waals surface area contributed by atoms with Crippen LogP contribution in [-0.4, -0.2) is 63.1 Å². The molecule has 1 fully saturated rings. The van der Waals surface area contributed by atoms with Crippen LogP contribution in [0.15, 0.2) is 24.3 Å². The van der Waals surface area contributed by atoms with Crippen LogP contribution in [0.3, 0.4) is 0 Å². The molecular formula is C27H34ClN5O3. The number of anilines is 1. The number of halogens is 1. The van der Waals surface area contributed by atoms with Gasteiger partial charge in [0.05, 0.1) is 17.3 Å². The highest BCUT2D eigenvalue weighted by Gasteiger charge is 2.39. The number of hydrogen-bond acceptors (Lipinski definition) is 6. The minimum absolute atomic E-state index is 0.0601. The fraction of sp³-hybridized carbons (Fsp3) is 0.519. The molecule has 2 aliphatic rings. The van der Waals surface area contributed by atoms with Crippen LogP contribution in [0.5, 0.6) is 0 Å².